The molecule has 1 fully saturated rings. The lowest BCUT2D eigenvalue weighted by atomic mass is 10.1. The van der Waals surface area contributed by atoms with Crippen LogP contribution in [0.5, 0.6) is 0 Å². The summed E-state index contributed by atoms with van der Waals surface area (Å²) in [7, 11) is 0. The molecule has 1 saturated heterocycles. The molecule has 0 radical (unpaired) electrons. The lowest BCUT2D eigenvalue weighted by molar-refractivity contribution is -0.122. The van der Waals surface area contributed by atoms with E-state index in [1.54, 1.807) is 23.1 Å². The quantitative estimate of drug-likeness (QED) is 0.271. The Bertz CT molecular complexity index is 960. The van der Waals surface area contributed by atoms with Gasteiger partial charge >= 0.3 is 0 Å². The Morgan fingerprint density at radius 2 is 1.77 bits per heavy atom. The van der Waals surface area contributed by atoms with Gasteiger partial charge in [-0.3, -0.25) is 14.5 Å². The van der Waals surface area contributed by atoms with Crippen molar-refractivity contribution in [3.05, 3.63) is 69.0 Å². The van der Waals surface area contributed by atoms with E-state index in [0.29, 0.717) is 37.9 Å². The van der Waals surface area contributed by atoms with Gasteiger partial charge in [-0.25, -0.2) is 0 Å². The second-order valence-corrected chi connectivity index (χ2v) is 9.31. The molecule has 3 rings (SSSR count). The van der Waals surface area contributed by atoms with Crippen LogP contribution in [0.3, 0.4) is 0 Å². The summed E-state index contributed by atoms with van der Waals surface area (Å²) >= 11 is 18.6. The van der Waals surface area contributed by atoms with Gasteiger partial charge in [0.15, 0.2) is 0 Å². The lowest BCUT2D eigenvalue weighted by Crippen LogP contribution is -2.29. The predicted octanol–water partition coefficient (Wildman–Crippen LogP) is 6.39. The first-order valence-electron chi connectivity index (χ1n) is 9.49. The van der Waals surface area contributed by atoms with E-state index in [2.05, 4.69) is 5.32 Å². The van der Waals surface area contributed by atoms with E-state index in [9.17, 15) is 9.59 Å². The highest BCUT2D eigenvalue weighted by Crippen LogP contribution is 2.32. The monoisotopic (exact) mass is 478 g/mol. The molecule has 0 atom stereocenters. The van der Waals surface area contributed by atoms with Crippen LogP contribution in [0.25, 0.3) is 6.08 Å². The number of nitrogens with one attached hydrogen (secondary N) is 1. The average Bonchev–Trinajstić information content (AvgIpc) is 2.95. The smallest absolute Gasteiger partial charge is 0.266 e. The van der Waals surface area contributed by atoms with Crippen molar-refractivity contribution in [2.75, 3.05) is 11.9 Å². The van der Waals surface area contributed by atoms with Crippen molar-refractivity contribution in [1.29, 1.82) is 0 Å². The molecule has 2 amide bonds. The summed E-state index contributed by atoms with van der Waals surface area (Å²) < 4.78 is 0.581. The SMILES string of the molecule is O=C(CCCCCN1C(=O)/C(=C/c2ccccc2)SC1=S)Nc1cc(Cl)cc(Cl)c1. The fraction of sp³-hybridized carbons (Fsp3) is 0.227. The summed E-state index contributed by atoms with van der Waals surface area (Å²) in [6, 6.07) is 14.6. The maximum atomic E-state index is 12.6. The summed E-state index contributed by atoms with van der Waals surface area (Å²) in [4.78, 5) is 27.0. The molecule has 30 heavy (non-hydrogen) atoms. The number of amides is 2. The van der Waals surface area contributed by atoms with Crippen LogP contribution in [0.4, 0.5) is 5.69 Å². The van der Waals surface area contributed by atoms with Gasteiger partial charge in [0.25, 0.3) is 5.91 Å². The number of hydrogen-bond acceptors (Lipinski definition) is 4. The number of thiocarbonyl (C=S) groups is 1. The summed E-state index contributed by atoms with van der Waals surface area (Å²) in [5.41, 5.74) is 1.56. The third-order valence-corrected chi connectivity index (χ3v) is 6.22. The van der Waals surface area contributed by atoms with E-state index in [4.69, 9.17) is 35.4 Å². The van der Waals surface area contributed by atoms with Crippen molar-refractivity contribution >= 4 is 75.1 Å². The van der Waals surface area contributed by atoms with E-state index in [-0.39, 0.29) is 11.8 Å². The molecule has 0 spiro atoms. The molecule has 1 aliphatic rings. The number of carbonyl (C=O) groups excluding carboxylic acids is 2. The number of nitrogens with zero attached hydrogens (tertiary/aromatic N) is 1. The van der Waals surface area contributed by atoms with Crippen LogP contribution >= 0.6 is 47.2 Å². The number of unbranched alkanes of at least 4 members (excludes halogenated alkanes) is 2. The minimum Gasteiger partial charge on any atom is -0.326 e. The minimum atomic E-state index is -0.0928. The highest BCUT2D eigenvalue weighted by Gasteiger charge is 2.31. The van der Waals surface area contributed by atoms with Crippen molar-refractivity contribution < 1.29 is 9.59 Å². The van der Waals surface area contributed by atoms with Gasteiger partial charge in [0.2, 0.25) is 5.91 Å². The van der Waals surface area contributed by atoms with Gasteiger partial charge in [0, 0.05) is 28.7 Å². The summed E-state index contributed by atoms with van der Waals surface area (Å²) in [6.07, 6.45) is 4.57. The van der Waals surface area contributed by atoms with Crippen molar-refractivity contribution in [3.63, 3.8) is 0 Å². The molecule has 4 nitrogen and oxygen atoms in total. The van der Waals surface area contributed by atoms with Crippen LogP contribution in [-0.2, 0) is 9.59 Å². The largest absolute Gasteiger partial charge is 0.326 e. The number of halogens is 2. The zero-order chi connectivity index (χ0) is 21.5. The molecule has 2 aromatic carbocycles. The maximum absolute atomic E-state index is 12.6. The maximum Gasteiger partial charge on any atom is 0.266 e. The van der Waals surface area contributed by atoms with Crippen molar-refractivity contribution in [1.82, 2.24) is 4.90 Å². The Balaban J connectivity index is 1.41. The van der Waals surface area contributed by atoms with Crippen molar-refractivity contribution in [2.24, 2.45) is 0 Å². The van der Waals surface area contributed by atoms with Gasteiger partial charge in [-0.1, -0.05) is 83.9 Å². The van der Waals surface area contributed by atoms with E-state index >= 15 is 0 Å². The Kier molecular flexibility index (Phi) is 8.33. The topological polar surface area (TPSA) is 49.4 Å². The van der Waals surface area contributed by atoms with E-state index in [1.165, 1.54) is 11.8 Å². The second-order valence-electron chi connectivity index (χ2n) is 6.76. The van der Waals surface area contributed by atoms with Crippen LogP contribution in [0.15, 0.2) is 53.4 Å². The first kappa shape index (κ1) is 22.8. The lowest BCUT2D eigenvalue weighted by Gasteiger charge is -2.14. The number of carbonyl (C=O) groups is 2. The molecule has 8 heteroatoms. The normalized spacial score (nSPS) is 15.1. The van der Waals surface area contributed by atoms with Gasteiger partial charge in [-0.15, -0.1) is 0 Å². The molecule has 0 unspecified atom stereocenters. The molecule has 0 aliphatic carbocycles. The van der Waals surface area contributed by atoms with Crippen molar-refractivity contribution in [2.45, 2.75) is 25.7 Å². The fourth-order valence-corrected chi connectivity index (χ4v) is 4.81. The number of benzene rings is 2. The van der Waals surface area contributed by atoms with Crippen molar-refractivity contribution in [3.8, 4) is 0 Å². The zero-order valence-corrected chi connectivity index (χ0v) is 19.2. The van der Waals surface area contributed by atoms with Gasteiger partial charge in [0.1, 0.15) is 4.32 Å². The van der Waals surface area contributed by atoms with E-state index in [0.717, 1.165) is 24.8 Å². The molecule has 1 heterocycles. The average molecular weight is 479 g/mol. The fourth-order valence-electron chi connectivity index (χ4n) is 2.98. The second kappa shape index (κ2) is 11.0. The molecule has 2 aromatic rings. The van der Waals surface area contributed by atoms with Crippen LogP contribution < -0.4 is 5.32 Å². The Morgan fingerprint density at radius 1 is 1.07 bits per heavy atom. The molecular weight excluding hydrogens is 459 g/mol. The molecule has 156 valence electrons. The third kappa shape index (κ3) is 6.57. The first-order valence-corrected chi connectivity index (χ1v) is 11.5. The first-order chi connectivity index (χ1) is 14.4. The Morgan fingerprint density at radius 3 is 2.47 bits per heavy atom. The van der Waals surface area contributed by atoms with Gasteiger partial charge in [-0.2, -0.15) is 0 Å². The predicted molar refractivity (Wildman–Crippen MR) is 130 cm³/mol. The van der Waals surface area contributed by atoms with Gasteiger partial charge in [-0.05, 0) is 42.7 Å². The molecule has 1 N–H and O–H groups in total. The number of thioether (sulfide) groups is 1. The minimum absolute atomic E-state index is 0.0515. The summed E-state index contributed by atoms with van der Waals surface area (Å²) in [5.74, 6) is -0.144. The van der Waals surface area contributed by atoms with Crippen LogP contribution in [0.2, 0.25) is 10.0 Å². The standard InChI is InChI=1S/C22H20Cl2N2O2S2/c23-16-12-17(24)14-18(13-16)25-20(27)9-5-2-6-10-26-21(28)19(30-22(26)29)11-15-7-3-1-4-8-15/h1,3-4,7-8,11-14H,2,5-6,9-10H2,(H,25,27)/b19-11-. The highest BCUT2D eigenvalue weighted by atomic mass is 35.5. The molecule has 0 aromatic heterocycles. The van der Waals surface area contributed by atoms with E-state index in [1.807, 2.05) is 36.4 Å². The van der Waals surface area contributed by atoms with Crippen LogP contribution in [-0.4, -0.2) is 27.6 Å². The van der Waals surface area contributed by atoms with E-state index < -0.39 is 0 Å². The number of rotatable bonds is 8. The Hall–Kier alpha value is -1.86. The molecule has 1 aliphatic heterocycles. The highest BCUT2D eigenvalue weighted by molar-refractivity contribution is 8.26. The molecule has 0 saturated carbocycles. The number of hydrogen-bond donors (Lipinski definition) is 1. The Labute approximate surface area is 195 Å². The molecular formula is C22H20Cl2N2O2S2. The van der Waals surface area contributed by atoms with Gasteiger partial charge < -0.3 is 5.32 Å². The zero-order valence-electron chi connectivity index (χ0n) is 16.1. The summed E-state index contributed by atoms with van der Waals surface area (Å²) in [6.45, 7) is 0.558. The summed E-state index contributed by atoms with van der Waals surface area (Å²) in [5, 5.41) is 3.74. The van der Waals surface area contributed by atoms with Gasteiger partial charge in [0.05, 0.1) is 4.91 Å². The molecule has 0 bridgehead atoms. The third-order valence-electron chi connectivity index (χ3n) is 4.40. The van der Waals surface area contributed by atoms with Crippen LogP contribution in [0.1, 0.15) is 31.2 Å². The number of anilines is 1. The van der Waals surface area contributed by atoms with Crippen LogP contribution in [0, 0.1) is 0 Å².